The van der Waals surface area contributed by atoms with E-state index >= 15 is 0 Å². The molecule has 0 radical (unpaired) electrons. The molecule has 0 bridgehead atoms. The highest BCUT2D eigenvalue weighted by Crippen LogP contribution is 2.26. The molecular weight excluding hydrogens is 275 g/mol. The minimum Gasteiger partial charge on any atom is -0.377 e. The third-order valence-corrected chi connectivity index (χ3v) is 3.00. The molecule has 100 valence electrons. The first kappa shape index (κ1) is 13.7. The Morgan fingerprint density at radius 2 is 1.79 bits per heavy atom. The number of nitrogens with one attached hydrogen (secondary N) is 1. The van der Waals surface area contributed by atoms with Crippen molar-refractivity contribution in [2.24, 2.45) is 0 Å². The maximum absolute atomic E-state index is 13.5. The second kappa shape index (κ2) is 5.53. The van der Waals surface area contributed by atoms with Gasteiger partial charge in [0.15, 0.2) is 5.82 Å². The average Bonchev–Trinajstić information content (AvgIpc) is 2.32. The maximum atomic E-state index is 13.5. The van der Waals surface area contributed by atoms with E-state index in [0.29, 0.717) is 5.56 Å². The summed E-state index contributed by atoms with van der Waals surface area (Å²) >= 11 is 5.76. The van der Waals surface area contributed by atoms with Gasteiger partial charge in [-0.15, -0.1) is 0 Å². The number of halogens is 4. The van der Waals surface area contributed by atoms with E-state index in [2.05, 4.69) is 5.32 Å². The Labute approximate surface area is 114 Å². The van der Waals surface area contributed by atoms with Gasteiger partial charge in [-0.25, -0.2) is 13.2 Å². The van der Waals surface area contributed by atoms with Crippen LogP contribution in [0.2, 0.25) is 5.02 Å². The molecule has 0 aromatic heterocycles. The molecule has 0 aliphatic rings. The summed E-state index contributed by atoms with van der Waals surface area (Å²) in [6.45, 7) is 1.91. The van der Waals surface area contributed by atoms with Crippen LogP contribution in [0.15, 0.2) is 30.3 Å². The highest BCUT2D eigenvalue weighted by molar-refractivity contribution is 6.33. The Hall–Kier alpha value is -1.68. The van der Waals surface area contributed by atoms with E-state index < -0.39 is 11.6 Å². The predicted molar refractivity (Wildman–Crippen MR) is 69.8 cm³/mol. The summed E-state index contributed by atoms with van der Waals surface area (Å²) in [6, 6.07) is 6.37. The average molecular weight is 286 g/mol. The Bertz CT molecular complexity index is 591. The van der Waals surface area contributed by atoms with E-state index in [-0.39, 0.29) is 23.1 Å². The van der Waals surface area contributed by atoms with Crippen LogP contribution in [-0.2, 0) is 6.54 Å². The molecule has 2 aromatic rings. The molecule has 1 N–H and O–H groups in total. The number of rotatable bonds is 3. The van der Waals surface area contributed by atoms with Gasteiger partial charge in [0.05, 0.1) is 10.7 Å². The highest BCUT2D eigenvalue weighted by Gasteiger charge is 2.09. The zero-order valence-corrected chi connectivity index (χ0v) is 10.9. The normalized spacial score (nSPS) is 10.6. The van der Waals surface area contributed by atoms with Crippen molar-refractivity contribution in [3.8, 4) is 0 Å². The molecular formula is C14H11ClF3N. The molecule has 0 spiro atoms. The van der Waals surface area contributed by atoms with Crippen molar-refractivity contribution in [1.29, 1.82) is 0 Å². The lowest BCUT2D eigenvalue weighted by molar-refractivity contribution is 0.585. The topological polar surface area (TPSA) is 12.0 Å². The van der Waals surface area contributed by atoms with Crippen molar-refractivity contribution < 1.29 is 13.2 Å². The molecule has 0 heterocycles. The molecule has 0 aliphatic heterocycles. The molecule has 0 atom stereocenters. The second-order valence-electron chi connectivity index (χ2n) is 4.18. The number of aryl methyl sites for hydroxylation is 1. The van der Waals surface area contributed by atoms with Crippen LogP contribution in [0.3, 0.4) is 0 Å². The first-order chi connectivity index (χ1) is 8.97. The minimum atomic E-state index is -0.760. The third kappa shape index (κ3) is 3.20. The molecule has 0 amide bonds. The summed E-state index contributed by atoms with van der Waals surface area (Å²) in [4.78, 5) is 0. The molecule has 2 aromatic carbocycles. The molecule has 5 heteroatoms. The smallest absolute Gasteiger partial charge is 0.150 e. The van der Waals surface area contributed by atoms with Gasteiger partial charge in [0.1, 0.15) is 11.6 Å². The fourth-order valence-corrected chi connectivity index (χ4v) is 1.98. The zero-order valence-electron chi connectivity index (χ0n) is 10.1. The first-order valence-corrected chi connectivity index (χ1v) is 5.98. The molecule has 0 saturated heterocycles. The van der Waals surface area contributed by atoms with Gasteiger partial charge in [-0.3, -0.25) is 0 Å². The van der Waals surface area contributed by atoms with E-state index in [1.807, 2.05) is 0 Å². The second-order valence-corrected chi connectivity index (χ2v) is 4.59. The van der Waals surface area contributed by atoms with Crippen LogP contribution in [0.4, 0.5) is 18.9 Å². The van der Waals surface area contributed by atoms with Crippen molar-refractivity contribution in [2.75, 3.05) is 5.32 Å². The quantitative estimate of drug-likeness (QED) is 0.863. The summed E-state index contributed by atoms with van der Waals surface area (Å²) in [7, 11) is 0. The van der Waals surface area contributed by atoms with Crippen LogP contribution >= 0.6 is 11.6 Å². The number of anilines is 1. The van der Waals surface area contributed by atoms with Crippen LogP contribution in [0.5, 0.6) is 0 Å². The van der Waals surface area contributed by atoms with Gasteiger partial charge in [-0.05, 0) is 30.2 Å². The molecule has 0 fully saturated rings. The van der Waals surface area contributed by atoms with Crippen molar-refractivity contribution in [3.05, 3.63) is 63.9 Å². The molecule has 2 rings (SSSR count). The lowest BCUT2D eigenvalue weighted by Gasteiger charge is -2.10. The van der Waals surface area contributed by atoms with Crippen molar-refractivity contribution >= 4 is 17.3 Å². The van der Waals surface area contributed by atoms with Gasteiger partial charge >= 0.3 is 0 Å². The molecule has 0 saturated carbocycles. The first-order valence-electron chi connectivity index (χ1n) is 5.61. The minimum absolute atomic E-state index is 0.0312. The van der Waals surface area contributed by atoms with Gasteiger partial charge in [-0.1, -0.05) is 23.7 Å². The fourth-order valence-electron chi connectivity index (χ4n) is 1.72. The summed E-state index contributed by atoms with van der Waals surface area (Å²) in [5.74, 6) is -1.79. The summed E-state index contributed by atoms with van der Waals surface area (Å²) in [6.07, 6.45) is 0. The molecule has 19 heavy (non-hydrogen) atoms. The summed E-state index contributed by atoms with van der Waals surface area (Å²) < 4.78 is 39.5. The molecule has 1 nitrogen and oxygen atoms in total. The standard InChI is InChI=1S/C14H11ClF3N/c1-8-4-9(2-3-12(8)17)7-19-14-11(15)5-10(16)6-13(14)18/h2-6,19H,7H2,1H3. The predicted octanol–water partition coefficient (Wildman–Crippen LogP) is 4.68. The monoisotopic (exact) mass is 285 g/mol. The van der Waals surface area contributed by atoms with Gasteiger partial charge in [0.25, 0.3) is 0 Å². The zero-order chi connectivity index (χ0) is 14.0. The highest BCUT2D eigenvalue weighted by atomic mass is 35.5. The Morgan fingerprint density at radius 1 is 1.05 bits per heavy atom. The maximum Gasteiger partial charge on any atom is 0.150 e. The lowest BCUT2D eigenvalue weighted by atomic mass is 10.1. The van der Waals surface area contributed by atoms with Crippen molar-refractivity contribution in [3.63, 3.8) is 0 Å². The van der Waals surface area contributed by atoms with Gasteiger partial charge < -0.3 is 5.32 Å². The van der Waals surface area contributed by atoms with Crippen LogP contribution in [-0.4, -0.2) is 0 Å². The largest absolute Gasteiger partial charge is 0.377 e. The Balaban J connectivity index is 2.16. The fraction of sp³-hybridized carbons (Fsp3) is 0.143. The van der Waals surface area contributed by atoms with Crippen LogP contribution < -0.4 is 5.32 Å². The Kier molecular flexibility index (Phi) is 4.00. The van der Waals surface area contributed by atoms with Crippen LogP contribution in [0, 0.1) is 24.4 Å². The Morgan fingerprint density at radius 3 is 2.42 bits per heavy atom. The molecule has 0 unspecified atom stereocenters. The summed E-state index contributed by atoms with van der Waals surface area (Å²) in [5.41, 5.74) is 1.31. The number of hydrogen-bond acceptors (Lipinski definition) is 1. The lowest BCUT2D eigenvalue weighted by Crippen LogP contribution is -2.03. The van der Waals surface area contributed by atoms with Crippen molar-refractivity contribution in [1.82, 2.24) is 0 Å². The van der Waals surface area contributed by atoms with Crippen molar-refractivity contribution in [2.45, 2.75) is 13.5 Å². The third-order valence-electron chi connectivity index (χ3n) is 2.70. The van der Waals surface area contributed by atoms with Gasteiger partial charge in [-0.2, -0.15) is 0 Å². The van der Waals surface area contributed by atoms with E-state index in [0.717, 1.165) is 17.7 Å². The van der Waals surface area contributed by atoms with E-state index in [1.165, 1.54) is 6.07 Å². The summed E-state index contributed by atoms with van der Waals surface area (Å²) in [5, 5.41) is 2.74. The van der Waals surface area contributed by atoms with E-state index in [4.69, 9.17) is 11.6 Å². The van der Waals surface area contributed by atoms with Crippen LogP contribution in [0.1, 0.15) is 11.1 Å². The van der Waals surface area contributed by atoms with Crippen LogP contribution in [0.25, 0.3) is 0 Å². The SMILES string of the molecule is Cc1cc(CNc2c(F)cc(F)cc2Cl)ccc1F. The van der Waals surface area contributed by atoms with Gasteiger partial charge in [0, 0.05) is 12.6 Å². The molecule has 0 aliphatic carbocycles. The number of hydrogen-bond donors (Lipinski definition) is 1. The van der Waals surface area contributed by atoms with E-state index in [9.17, 15) is 13.2 Å². The van der Waals surface area contributed by atoms with Gasteiger partial charge in [0.2, 0.25) is 0 Å². The van der Waals surface area contributed by atoms with E-state index in [1.54, 1.807) is 19.1 Å². The number of benzene rings is 2.